The van der Waals surface area contributed by atoms with E-state index in [1.165, 1.54) is 12.8 Å². The molecule has 122 valence electrons. The van der Waals surface area contributed by atoms with Crippen LogP contribution in [-0.2, 0) is 9.53 Å². The van der Waals surface area contributed by atoms with Gasteiger partial charge in [0.05, 0.1) is 18.8 Å². The van der Waals surface area contributed by atoms with E-state index in [4.69, 9.17) is 4.74 Å². The summed E-state index contributed by atoms with van der Waals surface area (Å²) >= 11 is 0. The molecule has 0 saturated carbocycles. The van der Waals surface area contributed by atoms with Gasteiger partial charge in [-0.15, -0.1) is 0 Å². The summed E-state index contributed by atoms with van der Waals surface area (Å²) < 4.78 is 5.72. The van der Waals surface area contributed by atoms with E-state index in [1.54, 1.807) is 0 Å². The molecular formula is C16H31N3O2. The number of nitrogens with one attached hydrogen (secondary N) is 1. The molecule has 0 aromatic rings. The van der Waals surface area contributed by atoms with Crippen LogP contribution in [0.15, 0.2) is 0 Å². The number of carbonyl (C=O) groups excluding carboxylic acids is 1. The van der Waals surface area contributed by atoms with Crippen LogP contribution in [0.1, 0.15) is 40.0 Å². The molecule has 2 heterocycles. The molecule has 2 rings (SSSR count). The lowest BCUT2D eigenvalue weighted by Crippen LogP contribution is -2.54. The first-order valence-corrected chi connectivity index (χ1v) is 8.48. The second-order valence-corrected chi connectivity index (χ2v) is 6.53. The van der Waals surface area contributed by atoms with Crippen molar-refractivity contribution in [1.29, 1.82) is 0 Å². The molecule has 5 heteroatoms. The predicted octanol–water partition coefficient (Wildman–Crippen LogP) is 1.09. The number of piperidine rings is 1. The van der Waals surface area contributed by atoms with E-state index in [0.717, 1.165) is 39.1 Å². The maximum atomic E-state index is 12.6. The lowest BCUT2D eigenvalue weighted by Gasteiger charge is -2.38. The van der Waals surface area contributed by atoms with Crippen LogP contribution in [0.2, 0.25) is 0 Å². The van der Waals surface area contributed by atoms with E-state index in [9.17, 15) is 4.79 Å². The molecule has 2 saturated heterocycles. The Morgan fingerprint density at radius 2 is 2.05 bits per heavy atom. The SMILES string of the molecule is CCCN(CC(=O)N1CC(C)OC(C)C1)C1CCCNC1. The van der Waals surface area contributed by atoms with E-state index in [1.807, 2.05) is 18.7 Å². The van der Waals surface area contributed by atoms with Gasteiger partial charge in [-0.1, -0.05) is 6.92 Å². The number of hydrogen-bond acceptors (Lipinski definition) is 4. The van der Waals surface area contributed by atoms with Crippen molar-refractivity contribution in [3.05, 3.63) is 0 Å². The zero-order valence-electron chi connectivity index (χ0n) is 13.8. The second-order valence-electron chi connectivity index (χ2n) is 6.53. The standard InChI is InChI=1S/C16H31N3O2/c1-4-8-18(15-6-5-7-17-9-15)12-16(20)19-10-13(2)21-14(3)11-19/h13-15,17H,4-12H2,1-3H3. The van der Waals surface area contributed by atoms with Gasteiger partial charge >= 0.3 is 0 Å². The fourth-order valence-corrected chi connectivity index (χ4v) is 3.48. The first kappa shape index (κ1) is 16.7. The molecule has 0 aromatic carbocycles. The van der Waals surface area contributed by atoms with Crippen LogP contribution >= 0.6 is 0 Å². The third kappa shape index (κ3) is 4.94. The highest BCUT2D eigenvalue weighted by atomic mass is 16.5. The average Bonchev–Trinajstić information content (AvgIpc) is 2.46. The maximum Gasteiger partial charge on any atom is 0.236 e. The number of rotatable bonds is 5. The highest BCUT2D eigenvalue weighted by Gasteiger charge is 2.29. The van der Waals surface area contributed by atoms with Crippen molar-refractivity contribution in [3.8, 4) is 0 Å². The van der Waals surface area contributed by atoms with Gasteiger partial charge in [-0.25, -0.2) is 0 Å². The zero-order chi connectivity index (χ0) is 15.2. The summed E-state index contributed by atoms with van der Waals surface area (Å²) in [5, 5.41) is 3.45. The Morgan fingerprint density at radius 1 is 1.33 bits per heavy atom. The van der Waals surface area contributed by atoms with Crippen LogP contribution in [0.4, 0.5) is 0 Å². The lowest BCUT2D eigenvalue weighted by molar-refractivity contribution is -0.145. The van der Waals surface area contributed by atoms with Crippen molar-refractivity contribution >= 4 is 5.91 Å². The van der Waals surface area contributed by atoms with Crippen molar-refractivity contribution in [2.24, 2.45) is 0 Å². The van der Waals surface area contributed by atoms with Crippen molar-refractivity contribution in [2.45, 2.75) is 58.3 Å². The number of carbonyl (C=O) groups is 1. The monoisotopic (exact) mass is 297 g/mol. The molecule has 3 unspecified atom stereocenters. The van der Waals surface area contributed by atoms with Crippen molar-refractivity contribution in [2.75, 3.05) is 39.3 Å². The summed E-state index contributed by atoms with van der Waals surface area (Å²) in [4.78, 5) is 17.0. The Kier molecular flexibility index (Phi) is 6.45. The summed E-state index contributed by atoms with van der Waals surface area (Å²) in [6.45, 7) is 11.4. The topological polar surface area (TPSA) is 44.8 Å². The molecule has 5 nitrogen and oxygen atoms in total. The quantitative estimate of drug-likeness (QED) is 0.825. The van der Waals surface area contributed by atoms with Crippen LogP contribution in [0, 0.1) is 0 Å². The molecular weight excluding hydrogens is 266 g/mol. The van der Waals surface area contributed by atoms with Crippen molar-refractivity contribution < 1.29 is 9.53 Å². The van der Waals surface area contributed by atoms with E-state index in [-0.39, 0.29) is 18.1 Å². The van der Waals surface area contributed by atoms with Crippen LogP contribution in [0.3, 0.4) is 0 Å². The number of ether oxygens (including phenoxy) is 1. The van der Waals surface area contributed by atoms with E-state index >= 15 is 0 Å². The fourth-order valence-electron chi connectivity index (χ4n) is 3.48. The van der Waals surface area contributed by atoms with Gasteiger partial charge in [0.1, 0.15) is 0 Å². The van der Waals surface area contributed by atoms with Crippen LogP contribution < -0.4 is 5.32 Å². The van der Waals surface area contributed by atoms with E-state index in [0.29, 0.717) is 12.6 Å². The molecule has 0 spiro atoms. The highest BCUT2D eigenvalue weighted by molar-refractivity contribution is 5.78. The Balaban J connectivity index is 1.90. The van der Waals surface area contributed by atoms with E-state index in [2.05, 4.69) is 17.1 Å². The molecule has 1 N–H and O–H groups in total. The first-order chi connectivity index (χ1) is 10.1. The van der Waals surface area contributed by atoms with Gasteiger partial charge in [0.2, 0.25) is 5.91 Å². The first-order valence-electron chi connectivity index (χ1n) is 8.48. The molecule has 3 atom stereocenters. The predicted molar refractivity (Wildman–Crippen MR) is 84.3 cm³/mol. The van der Waals surface area contributed by atoms with Crippen molar-refractivity contribution in [3.63, 3.8) is 0 Å². The Morgan fingerprint density at radius 3 is 2.62 bits per heavy atom. The molecule has 0 radical (unpaired) electrons. The summed E-state index contributed by atoms with van der Waals surface area (Å²) in [6.07, 6.45) is 3.81. The van der Waals surface area contributed by atoms with E-state index < -0.39 is 0 Å². The van der Waals surface area contributed by atoms with Gasteiger partial charge in [0, 0.05) is 25.7 Å². The molecule has 2 fully saturated rings. The summed E-state index contributed by atoms with van der Waals surface area (Å²) in [7, 11) is 0. The fraction of sp³-hybridized carbons (Fsp3) is 0.938. The van der Waals surface area contributed by atoms with Gasteiger partial charge < -0.3 is 15.0 Å². The summed E-state index contributed by atoms with van der Waals surface area (Å²) in [6, 6.07) is 0.513. The Hall–Kier alpha value is -0.650. The third-order valence-corrected chi connectivity index (χ3v) is 4.41. The average molecular weight is 297 g/mol. The normalized spacial score (nSPS) is 30.7. The zero-order valence-corrected chi connectivity index (χ0v) is 13.8. The van der Waals surface area contributed by atoms with Crippen LogP contribution in [0.5, 0.6) is 0 Å². The summed E-state index contributed by atoms with van der Waals surface area (Å²) in [5.74, 6) is 0.260. The van der Waals surface area contributed by atoms with Gasteiger partial charge in [0.25, 0.3) is 0 Å². The number of amides is 1. The number of morpholine rings is 1. The third-order valence-electron chi connectivity index (χ3n) is 4.41. The van der Waals surface area contributed by atoms with Crippen molar-refractivity contribution in [1.82, 2.24) is 15.1 Å². The van der Waals surface area contributed by atoms with Gasteiger partial charge in [-0.3, -0.25) is 9.69 Å². The van der Waals surface area contributed by atoms with Crippen LogP contribution in [-0.4, -0.2) is 73.2 Å². The smallest absolute Gasteiger partial charge is 0.236 e. The molecule has 21 heavy (non-hydrogen) atoms. The minimum atomic E-state index is 0.147. The maximum absolute atomic E-state index is 12.6. The Labute approximate surface area is 129 Å². The molecule has 1 amide bonds. The van der Waals surface area contributed by atoms with Crippen LogP contribution in [0.25, 0.3) is 0 Å². The Bertz CT molecular complexity index is 321. The lowest BCUT2D eigenvalue weighted by atomic mass is 10.1. The summed E-state index contributed by atoms with van der Waals surface area (Å²) in [5.41, 5.74) is 0. The molecule has 0 aliphatic carbocycles. The molecule has 2 aliphatic heterocycles. The number of nitrogens with zero attached hydrogens (tertiary/aromatic N) is 2. The largest absolute Gasteiger partial charge is 0.372 e. The number of hydrogen-bond donors (Lipinski definition) is 1. The molecule has 0 bridgehead atoms. The molecule has 2 aliphatic rings. The second kappa shape index (κ2) is 8.11. The van der Waals surface area contributed by atoms with Gasteiger partial charge in [0.15, 0.2) is 0 Å². The highest BCUT2D eigenvalue weighted by Crippen LogP contribution is 2.14. The minimum Gasteiger partial charge on any atom is -0.372 e. The molecule has 0 aromatic heterocycles. The van der Waals surface area contributed by atoms with Gasteiger partial charge in [-0.2, -0.15) is 0 Å². The minimum absolute atomic E-state index is 0.147. The van der Waals surface area contributed by atoms with Gasteiger partial charge in [-0.05, 0) is 46.2 Å².